The van der Waals surface area contributed by atoms with Crippen LogP contribution in [0.4, 0.5) is 0 Å². The number of nitrogens with zero attached hydrogens (tertiary/aromatic N) is 1. The third-order valence-corrected chi connectivity index (χ3v) is 4.10. The second kappa shape index (κ2) is 7.22. The maximum atomic E-state index is 12.3. The Morgan fingerprint density at radius 1 is 1.58 bits per heavy atom. The van der Waals surface area contributed by atoms with Gasteiger partial charge in [0.1, 0.15) is 0 Å². The molecule has 1 aliphatic rings. The van der Waals surface area contributed by atoms with E-state index >= 15 is 0 Å². The summed E-state index contributed by atoms with van der Waals surface area (Å²) in [4.78, 5) is 14.1. The van der Waals surface area contributed by atoms with Crippen LogP contribution < -0.4 is 5.73 Å². The van der Waals surface area contributed by atoms with Crippen molar-refractivity contribution < 1.29 is 9.21 Å². The van der Waals surface area contributed by atoms with Gasteiger partial charge in [-0.2, -0.15) is 0 Å². The van der Waals surface area contributed by atoms with Crippen molar-refractivity contribution >= 4 is 30.1 Å². The molecule has 1 fully saturated rings. The van der Waals surface area contributed by atoms with E-state index in [1.165, 1.54) is 11.8 Å². The lowest BCUT2D eigenvalue weighted by Gasteiger charge is -2.34. The molecule has 0 aliphatic carbocycles. The molecule has 0 radical (unpaired) electrons. The highest BCUT2D eigenvalue weighted by atomic mass is 35.5. The highest BCUT2D eigenvalue weighted by Gasteiger charge is 2.27. The van der Waals surface area contributed by atoms with Crippen LogP contribution >= 0.6 is 24.2 Å². The number of nitrogens with two attached hydrogens (primary N) is 1. The van der Waals surface area contributed by atoms with Crippen LogP contribution in [0.15, 0.2) is 21.6 Å². The zero-order valence-corrected chi connectivity index (χ0v) is 12.9. The second-order valence-electron chi connectivity index (χ2n) is 4.84. The fourth-order valence-electron chi connectivity index (χ4n) is 2.32. The van der Waals surface area contributed by atoms with Crippen molar-refractivity contribution in [3.8, 4) is 0 Å². The van der Waals surface area contributed by atoms with Gasteiger partial charge in [-0.15, -0.1) is 12.4 Å². The van der Waals surface area contributed by atoms with Crippen molar-refractivity contribution in [3.05, 3.63) is 17.9 Å². The normalized spacial score (nSPS) is 20.8. The topological polar surface area (TPSA) is 59.5 Å². The van der Waals surface area contributed by atoms with Crippen LogP contribution in [0, 0.1) is 5.92 Å². The molecule has 0 bridgehead atoms. The first kappa shape index (κ1) is 16.4. The molecule has 0 saturated carbocycles. The first-order valence-corrected chi connectivity index (χ1v) is 7.53. The zero-order valence-electron chi connectivity index (χ0n) is 11.3. The first-order valence-electron chi connectivity index (χ1n) is 6.30. The van der Waals surface area contributed by atoms with Crippen LogP contribution in [-0.4, -0.2) is 36.2 Å². The Morgan fingerprint density at radius 2 is 2.32 bits per heavy atom. The molecule has 1 aromatic rings. The van der Waals surface area contributed by atoms with E-state index in [1.54, 1.807) is 6.07 Å². The molecular formula is C13H21ClN2O2S. The SMILES string of the molecule is CSc1ccc(C(=O)N2CCCC(C(C)N)C2)o1.Cl. The number of furan rings is 1. The monoisotopic (exact) mass is 304 g/mol. The van der Waals surface area contributed by atoms with Crippen LogP contribution in [0.1, 0.15) is 30.3 Å². The highest BCUT2D eigenvalue weighted by molar-refractivity contribution is 7.98. The third kappa shape index (κ3) is 3.91. The van der Waals surface area contributed by atoms with Gasteiger partial charge in [-0.05, 0) is 44.1 Å². The molecule has 2 unspecified atom stereocenters. The Balaban J connectivity index is 0.00000180. The molecular weight excluding hydrogens is 284 g/mol. The first-order chi connectivity index (χ1) is 8.61. The lowest BCUT2D eigenvalue weighted by Crippen LogP contribution is -2.44. The summed E-state index contributed by atoms with van der Waals surface area (Å²) in [6, 6.07) is 3.73. The maximum absolute atomic E-state index is 12.3. The Bertz CT molecular complexity index is 423. The fourth-order valence-corrected chi connectivity index (χ4v) is 2.70. The van der Waals surface area contributed by atoms with E-state index in [-0.39, 0.29) is 24.4 Å². The number of carbonyl (C=O) groups is 1. The quantitative estimate of drug-likeness (QED) is 0.872. The Morgan fingerprint density at radius 3 is 2.89 bits per heavy atom. The molecule has 4 nitrogen and oxygen atoms in total. The van der Waals surface area contributed by atoms with Gasteiger partial charge in [0, 0.05) is 19.1 Å². The summed E-state index contributed by atoms with van der Waals surface area (Å²) in [5.41, 5.74) is 5.93. The number of halogens is 1. The molecule has 2 N–H and O–H groups in total. The van der Waals surface area contributed by atoms with Gasteiger partial charge in [-0.3, -0.25) is 4.79 Å². The standard InChI is InChI=1S/C13H20N2O2S.ClH/c1-9(14)10-4-3-7-15(8-10)13(16)11-5-6-12(17-11)18-2;/h5-6,9-10H,3-4,7-8,14H2,1-2H3;1H. The summed E-state index contributed by atoms with van der Waals surface area (Å²) in [6.45, 7) is 3.56. The maximum Gasteiger partial charge on any atom is 0.289 e. The molecule has 6 heteroatoms. The van der Waals surface area contributed by atoms with Crippen molar-refractivity contribution in [1.82, 2.24) is 4.90 Å². The van der Waals surface area contributed by atoms with Crippen LogP contribution in [0.3, 0.4) is 0 Å². The second-order valence-corrected chi connectivity index (χ2v) is 5.65. The van der Waals surface area contributed by atoms with E-state index in [9.17, 15) is 4.79 Å². The predicted octanol–water partition coefficient (Wildman–Crippen LogP) is 2.62. The number of likely N-dealkylation sites (tertiary alicyclic amines) is 1. The molecule has 1 amide bonds. The summed E-state index contributed by atoms with van der Waals surface area (Å²) in [5, 5.41) is 0.777. The molecule has 1 aliphatic heterocycles. The number of carbonyl (C=O) groups excluding carboxylic acids is 1. The molecule has 1 saturated heterocycles. The van der Waals surface area contributed by atoms with E-state index in [0.29, 0.717) is 11.7 Å². The number of hydrogen-bond acceptors (Lipinski definition) is 4. The summed E-state index contributed by atoms with van der Waals surface area (Å²) < 4.78 is 5.48. The van der Waals surface area contributed by atoms with Gasteiger partial charge in [0.2, 0.25) is 0 Å². The molecule has 0 aromatic carbocycles. The van der Waals surface area contributed by atoms with Crippen molar-refractivity contribution in [2.24, 2.45) is 11.7 Å². The van der Waals surface area contributed by atoms with Gasteiger partial charge in [0.25, 0.3) is 5.91 Å². The highest BCUT2D eigenvalue weighted by Crippen LogP contribution is 2.23. The smallest absolute Gasteiger partial charge is 0.289 e. The summed E-state index contributed by atoms with van der Waals surface area (Å²) in [5.74, 6) is 0.822. The number of rotatable bonds is 3. The van der Waals surface area contributed by atoms with Crippen LogP contribution in [0.2, 0.25) is 0 Å². The number of hydrogen-bond donors (Lipinski definition) is 1. The van der Waals surface area contributed by atoms with Gasteiger partial charge in [-0.25, -0.2) is 0 Å². The van der Waals surface area contributed by atoms with Crippen molar-refractivity contribution in [3.63, 3.8) is 0 Å². The molecule has 19 heavy (non-hydrogen) atoms. The Hall–Kier alpha value is -0.650. The van der Waals surface area contributed by atoms with E-state index < -0.39 is 0 Å². The zero-order chi connectivity index (χ0) is 13.1. The van der Waals surface area contributed by atoms with Gasteiger partial charge in [0.05, 0.1) is 0 Å². The van der Waals surface area contributed by atoms with Gasteiger partial charge in [0.15, 0.2) is 10.9 Å². The lowest BCUT2D eigenvalue weighted by atomic mass is 9.92. The van der Waals surface area contributed by atoms with E-state index in [2.05, 4.69) is 0 Å². The molecule has 0 spiro atoms. The molecule has 2 atom stereocenters. The van der Waals surface area contributed by atoms with Crippen molar-refractivity contribution in [2.45, 2.75) is 30.9 Å². The largest absolute Gasteiger partial charge is 0.445 e. The molecule has 2 heterocycles. The van der Waals surface area contributed by atoms with Gasteiger partial charge in [-0.1, -0.05) is 11.8 Å². The summed E-state index contributed by atoms with van der Waals surface area (Å²) in [7, 11) is 0. The lowest BCUT2D eigenvalue weighted by molar-refractivity contribution is 0.0623. The van der Waals surface area contributed by atoms with E-state index in [0.717, 1.165) is 31.0 Å². The van der Waals surface area contributed by atoms with Crippen LogP contribution in [0.5, 0.6) is 0 Å². The summed E-state index contributed by atoms with van der Waals surface area (Å²) in [6.07, 6.45) is 4.06. The number of piperidine rings is 1. The third-order valence-electron chi connectivity index (χ3n) is 3.48. The van der Waals surface area contributed by atoms with Crippen molar-refractivity contribution in [1.29, 1.82) is 0 Å². The summed E-state index contributed by atoms with van der Waals surface area (Å²) >= 11 is 1.50. The minimum absolute atomic E-state index is 0. The minimum Gasteiger partial charge on any atom is -0.445 e. The van der Waals surface area contributed by atoms with Gasteiger partial charge < -0.3 is 15.1 Å². The predicted molar refractivity (Wildman–Crippen MR) is 80.0 cm³/mol. The molecule has 108 valence electrons. The van der Waals surface area contributed by atoms with E-state index in [1.807, 2.05) is 24.1 Å². The van der Waals surface area contributed by atoms with Gasteiger partial charge >= 0.3 is 0 Å². The van der Waals surface area contributed by atoms with E-state index in [4.69, 9.17) is 10.2 Å². The Kier molecular flexibility index (Phi) is 6.23. The van der Waals surface area contributed by atoms with Crippen LogP contribution in [0.25, 0.3) is 0 Å². The van der Waals surface area contributed by atoms with Crippen LogP contribution in [-0.2, 0) is 0 Å². The Labute approximate surface area is 124 Å². The number of thioether (sulfide) groups is 1. The molecule has 1 aromatic heterocycles. The average molecular weight is 305 g/mol. The molecule has 2 rings (SSSR count). The van der Waals surface area contributed by atoms with Crippen molar-refractivity contribution in [2.75, 3.05) is 19.3 Å². The minimum atomic E-state index is -0.0133. The fraction of sp³-hybridized carbons (Fsp3) is 0.615. The number of amides is 1. The average Bonchev–Trinajstić information content (AvgIpc) is 2.86.